The normalized spacial score (nSPS) is 18.1. The van der Waals surface area contributed by atoms with E-state index in [1.54, 1.807) is 42.5 Å². The Balaban J connectivity index is 1.45. The molecule has 0 aliphatic carbocycles. The second-order valence-electron chi connectivity index (χ2n) is 7.37. The Morgan fingerprint density at radius 2 is 2.00 bits per heavy atom. The number of carbonyl (C=O) groups is 1. The molecule has 4 rings (SSSR count). The van der Waals surface area contributed by atoms with Crippen LogP contribution in [0.2, 0.25) is 5.02 Å². The van der Waals surface area contributed by atoms with Gasteiger partial charge in [-0.1, -0.05) is 11.6 Å². The molecule has 7 nitrogen and oxygen atoms in total. The van der Waals surface area contributed by atoms with Gasteiger partial charge >= 0.3 is 0 Å². The number of fused-ring (bicyclic) bond motifs is 1. The van der Waals surface area contributed by atoms with E-state index in [2.05, 4.69) is 9.97 Å². The minimum atomic E-state index is -1.48. The van der Waals surface area contributed by atoms with Gasteiger partial charge in [-0.3, -0.25) is 0 Å². The van der Waals surface area contributed by atoms with Crippen molar-refractivity contribution in [3.63, 3.8) is 0 Å². The maximum Gasteiger partial charge on any atom is 0.238 e. The number of carboxylic acids is 1. The van der Waals surface area contributed by atoms with Crippen molar-refractivity contribution in [3.05, 3.63) is 53.7 Å². The van der Waals surface area contributed by atoms with E-state index in [-0.39, 0.29) is 12.5 Å². The summed E-state index contributed by atoms with van der Waals surface area (Å²) in [5.74, 6) is -0.0353. The van der Waals surface area contributed by atoms with Crippen LogP contribution in [-0.2, 0) is 9.53 Å². The average Bonchev–Trinajstić information content (AvgIpc) is 3.22. The third-order valence-electron chi connectivity index (χ3n) is 4.94. The van der Waals surface area contributed by atoms with E-state index in [9.17, 15) is 9.90 Å². The van der Waals surface area contributed by atoms with Crippen LogP contribution in [0, 0.1) is 0 Å². The van der Waals surface area contributed by atoms with Crippen molar-refractivity contribution in [3.8, 4) is 17.4 Å². The molecule has 0 amide bonds. The Bertz CT molecular complexity index is 1050. The largest absolute Gasteiger partial charge is 0.546 e. The van der Waals surface area contributed by atoms with E-state index >= 15 is 0 Å². The van der Waals surface area contributed by atoms with Gasteiger partial charge in [0.2, 0.25) is 5.88 Å². The first-order valence-corrected chi connectivity index (χ1v) is 10.0. The molecule has 3 aromatic rings. The fraction of sp³-hybridized carbons (Fsp3) is 0.318. The maximum absolute atomic E-state index is 11.7. The molecule has 0 saturated carbocycles. The molecule has 1 aromatic heterocycles. The fourth-order valence-electron chi connectivity index (χ4n) is 3.38. The highest BCUT2D eigenvalue weighted by Gasteiger charge is 2.34. The maximum atomic E-state index is 11.7. The molecule has 0 radical (unpaired) electrons. The summed E-state index contributed by atoms with van der Waals surface area (Å²) < 4.78 is 17.1. The Morgan fingerprint density at radius 3 is 2.70 bits per heavy atom. The quantitative estimate of drug-likeness (QED) is 0.569. The van der Waals surface area contributed by atoms with E-state index < -0.39 is 11.6 Å². The molecule has 2 atom stereocenters. The number of aliphatic carboxylic acids is 1. The van der Waals surface area contributed by atoms with Gasteiger partial charge in [0.25, 0.3) is 0 Å². The van der Waals surface area contributed by atoms with Crippen LogP contribution in [0.1, 0.15) is 26.2 Å². The summed E-state index contributed by atoms with van der Waals surface area (Å²) in [6.45, 7) is 2.15. The van der Waals surface area contributed by atoms with E-state index in [4.69, 9.17) is 25.8 Å². The van der Waals surface area contributed by atoms with E-state index in [0.717, 1.165) is 12.8 Å². The lowest BCUT2D eigenvalue weighted by Crippen LogP contribution is -2.52. The SMILES string of the molecule is CC(CC1CCCO1)(Oc1ccc(Oc2cnc3cc(Cl)ccc3n2)cc1)C(=O)[O-]. The number of ether oxygens (including phenoxy) is 3. The third kappa shape index (κ3) is 4.63. The molecule has 2 unspecified atom stereocenters. The molecule has 1 saturated heterocycles. The molecular weight excluding hydrogens is 408 g/mol. The highest BCUT2D eigenvalue weighted by molar-refractivity contribution is 6.31. The minimum Gasteiger partial charge on any atom is -0.546 e. The van der Waals surface area contributed by atoms with Crippen molar-refractivity contribution in [1.82, 2.24) is 9.97 Å². The lowest BCUT2D eigenvalue weighted by atomic mass is 9.96. The number of rotatable bonds is 7. The van der Waals surface area contributed by atoms with Crippen molar-refractivity contribution in [1.29, 1.82) is 0 Å². The van der Waals surface area contributed by atoms with Crippen LogP contribution >= 0.6 is 11.6 Å². The molecule has 1 aliphatic rings. The van der Waals surface area contributed by atoms with Gasteiger partial charge in [0.1, 0.15) is 17.1 Å². The number of carboxylic acid groups (broad SMARTS) is 1. The molecule has 2 heterocycles. The Labute approximate surface area is 178 Å². The molecular formula is C22H20ClN2O5-. The predicted octanol–water partition coefficient (Wildman–Crippen LogP) is 3.53. The van der Waals surface area contributed by atoms with Crippen LogP contribution in [0.25, 0.3) is 11.0 Å². The highest BCUT2D eigenvalue weighted by Crippen LogP contribution is 2.29. The van der Waals surface area contributed by atoms with Crippen LogP contribution in [0.3, 0.4) is 0 Å². The summed E-state index contributed by atoms with van der Waals surface area (Å²) in [6.07, 6.45) is 3.34. The number of nitrogens with zero attached hydrogens (tertiary/aromatic N) is 2. The van der Waals surface area contributed by atoms with Crippen LogP contribution in [0.5, 0.6) is 17.4 Å². The van der Waals surface area contributed by atoms with Crippen LogP contribution < -0.4 is 14.6 Å². The van der Waals surface area contributed by atoms with Gasteiger partial charge < -0.3 is 24.1 Å². The topological polar surface area (TPSA) is 93.6 Å². The monoisotopic (exact) mass is 427 g/mol. The zero-order valence-electron chi connectivity index (χ0n) is 16.3. The van der Waals surface area contributed by atoms with Gasteiger partial charge in [-0.25, -0.2) is 9.97 Å². The molecule has 0 N–H and O–H groups in total. The van der Waals surface area contributed by atoms with Crippen molar-refractivity contribution in [2.45, 2.75) is 37.9 Å². The van der Waals surface area contributed by atoms with Gasteiger partial charge in [0.15, 0.2) is 0 Å². The van der Waals surface area contributed by atoms with Gasteiger partial charge in [0, 0.05) is 18.1 Å². The second-order valence-corrected chi connectivity index (χ2v) is 7.81. The summed E-state index contributed by atoms with van der Waals surface area (Å²) in [4.78, 5) is 20.4. The number of hydrogen-bond acceptors (Lipinski definition) is 7. The lowest BCUT2D eigenvalue weighted by molar-refractivity contribution is -0.322. The zero-order valence-corrected chi connectivity index (χ0v) is 17.1. The first-order chi connectivity index (χ1) is 14.4. The summed E-state index contributed by atoms with van der Waals surface area (Å²) >= 11 is 5.96. The Kier molecular flexibility index (Phi) is 5.74. The molecule has 30 heavy (non-hydrogen) atoms. The molecule has 0 bridgehead atoms. The summed E-state index contributed by atoms with van der Waals surface area (Å²) in [7, 11) is 0. The summed E-state index contributed by atoms with van der Waals surface area (Å²) in [6, 6.07) is 11.9. The van der Waals surface area contributed by atoms with Crippen molar-refractivity contribution in [2.24, 2.45) is 0 Å². The first-order valence-electron chi connectivity index (χ1n) is 9.64. The molecule has 156 valence electrons. The summed E-state index contributed by atoms with van der Waals surface area (Å²) in [5.41, 5.74) is -0.148. The third-order valence-corrected chi connectivity index (χ3v) is 5.18. The number of aromatic nitrogens is 2. The van der Waals surface area contributed by atoms with Crippen molar-refractivity contribution in [2.75, 3.05) is 6.61 Å². The Morgan fingerprint density at radius 1 is 1.23 bits per heavy atom. The number of hydrogen-bond donors (Lipinski definition) is 0. The number of halogens is 1. The van der Waals surface area contributed by atoms with E-state index in [1.807, 2.05) is 0 Å². The molecule has 8 heteroatoms. The van der Waals surface area contributed by atoms with Gasteiger partial charge in [-0.05, 0) is 62.2 Å². The highest BCUT2D eigenvalue weighted by atomic mass is 35.5. The Hall–Kier alpha value is -2.90. The smallest absolute Gasteiger partial charge is 0.238 e. The minimum absolute atomic E-state index is 0.142. The van der Waals surface area contributed by atoms with Crippen molar-refractivity contribution < 1.29 is 24.1 Å². The van der Waals surface area contributed by atoms with Gasteiger partial charge in [0.05, 0.1) is 29.3 Å². The van der Waals surface area contributed by atoms with E-state index in [1.165, 1.54) is 13.1 Å². The predicted molar refractivity (Wildman–Crippen MR) is 109 cm³/mol. The zero-order chi connectivity index (χ0) is 21.1. The molecule has 2 aromatic carbocycles. The van der Waals surface area contributed by atoms with Gasteiger partial charge in [-0.15, -0.1) is 0 Å². The van der Waals surface area contributed by atoms with Crippen molar-refractivity contribution >= 4 is 28.6 Å². The number of carbonyl (C=O) groups excluding carboxylic acids is 1. The first kappa shape index (κ1) is 20.4. The molecule has 1 fully saturated rings. The van der Waals surface area contributed by atoms with Gasteiger partial charge in [-0.2, -0.15) is 0 Å². The van der Waals surface area contributed by atoms with Crippen LogP contribution in [0.4, 0.5) is 0 Å². The van der Waals surface area contributed by atoms with E-state index in [0.29, 0.717) is 40.0 Å². The second kappa shape index (κ2) is 8.45. The summed E-state index contributed by atoms with van der Waals surface area (Å²) in [5, 5.41) is 12.3. The fourth-order valence-corrected chi connectivity index (χ4v) is 3.55. The van der Waals surface area contributed by atoms with Crippen LogP contribution in [-0.4, -0.2) is 34.2 Å². The van der Waals surface area contributed by atoms with Crippen LogP contribution in [0.15, 0.2) is 48.7 Å². The molecule has 0 spiro atoms. The lowest BCUT2D eigenvalue weighted by Gasteiger charge is -2.33. The average molecular weight is 428 g/mol. The standard InChI is InChI=1S/C22H21ClN2O5/c1-22(21(26)27,12-17-3-2-10-28-17)30-16-7-5-15(6-8-16)29-20-13-24-19-11-14(23)4-9-18(19)25-20/h4-9,11,13,17H,2-3,10,12H2,1H3,(H,26,27)/p-1. The number of benzene rings is 2. The molecule has 1 aliphatic heterocycles.